The number of carboxylic acids is 1. The van der Waals surface area contributed by atoms with Gasteiger partial charge >= 0.3 is 5.97 Å². The van der Waals surface area contributed by atoms with Gasteiger partial charge in [0.15, 0.2) is 0 Å². The molecule has 1 heterocycles. The second kappa shape index (κ2) is 5.29. The van der Waals surface area contributed by atoms with Crippen LogP contribution in [0, 0.1) is 11.3 Å². The highest BCUT2D eigenvalue weighted by atomic mass is 16.4. The SMILES string of the molecule is CC1(C(=O)N2CCC[C@@H](C(=O)O)C2)CCCCC1. The first-order chi connectivity index (χ1) is 8.53. The lowest BCUT2D eigenvalue weighted by molar-refractivity contribution is -0.150. The molecule has 1 aliphatic heterocycles. The van der Waals surface area contributed by atoms with E-state index in [1.165, 1.54) is 6.42 Å². The highest BCUT2D eigenvalue weighted by Gasteiger charge is 2.39. The molecular weight excluding hydrogens is 230 g/mol. The normalized spacial score (nSPS) is 27.8. The van der Waals surface area contributed by atoms with E-state index in [-0.39, 0.29) is 17.2 Å². The molecule has 0 aromatic rings. The lowest BCUT2D eigenvalue weighted by Gasteiger charge is -2.40. The van der Waals surface area contributed by atoms with E-state index in [1.54, 1.807) is 4.90 Å². The van der Waals surface area contributed by atoms with Crippen LogP contribution in [0.5, 0.6) is 0 Å². The van der Waals surface area contributed by atoms with E-state index in [4.69, 9.17) is 5.11 Å². The van der Waals surface area contributed by atoms with Crippen LogP contribution >= 0.6 is 0 Å². The number of likely N-dealkylation sites (tertiary alicyclic amines) is 1. The fraction of sp³-hybridized carbons (Fsp3) is 0.857. The van der Waals surface area contributed by atoms with Crippen molar-refractivity contribution in [3.05, 3.63) is 0 Å². The summed E-state index contributed by atoms with van der Waals surface area (Å²) in [6.07, 6.45) is 6.91. The number of amides is 1. The fourth-order valence-electron chi connectivity index (χ4n) is 3.29. The second-order valence-corrected chi connectivity index (χ2v) is 6.05. The molecule has 1 atom stereocenters. The van der Waals surface area contributed by atoms with Crippen LogP contribution in [0.1, 0.15) is 51.9 Å². The number of carbonyl (C=O) groups is 2. The van der Waals surface area contributed by atoms with Gasteiger partial charge in [0, 0.05) is 18.5 Å². The Kier molecular flexibility index (Phi) is 3.93. The summed E-state index contributed by atoms with van der Waals surface area (Å²) in [5, 5.41) is 9.07. The minimum atomic E-state index is -0.763. The number of carboxylic acid groups (broad SMARTS) is 1. The summed E-state index contributed by atoms with van der Waals surface area (Å²) < 4.78 is 0. The topological polar surface area (TPSA) is 57.6 Å². The maximum Gasteiger partial charge on any atom is 0.308 e. The molecule has 0 bridgehead atoms. The Hall–Kier alpha value is -1.06. The van der Waals surface area contributed by atoms with Crippen molar-refractivity contribution in [2.75, 3.05) is 13.1 Å². The molecule has 1 aliphatic carbocycles. The molecular formula is C14H23NO3. The van der Waals surface area contributed by atoms with E-state index in [2.05, 4.69) is 6.92 Å². The Morgan fingerprint density at radius 1 is 1.17 bits per heavy atom. The van der Waals surface area contributed by atoms with Gasteiger partial charge in [0.2, 0.25) is 5.91 Å². The van der Waals surface area contributed by atoms with Gasteiger partial charge in [-0.25, -0.2) is 0 Å². The Labute approximate surface area is 108 Å². The van der Waals surface area contributed by atoms with Crippen LogP contribution < -0.4 is 0 Å². The average molecular weight is 253 g/mol. The average Bonchev–Trinajstić information content (AvgIpc) is 2.39. The molecule has 1 amide bonds. The van der Waals surface area contributed by atoms with Crippen molar-refractivity contribution in [2.24, 2.45) is 11.3 Å². The molecule has 4 heteroatoms. The molecule has 0 spiro atoms. The molecule has 2 aliphatic rings. The lowest BCUT2D eigenvalue weighted by atomic mass is 9.74. The Morgan fingerprint density at radius 2 is 1.83 bits per heavy atom. The molecule has 102 valence electrons. The Balaban J connectivity index is 2.01. The summed E-state index contributed by atoms with van der Waals surface area (Å²) in [6.45, 7) is 3.20. The summed E-state index contributed by atoms with van der Waals surface area (Å²) in [5.41, 5.74) is -0.237. The highest BCUT2D eigenvalue weighted by molar-refractivity contribution is 5.83. The first-order valence-electron chi connectivity index (χ1n) is 7.05. The highest BCUT2D eigenvalue weighted by Crippen LogP contribution is 2.38. The van der Waals surface area contributed by atoms with Crippen LogP contribution in [0.2, 0.25) is 0 Å². The van der Waals surface area contributed by atoms with E-state index in [9.17, 15) is 9.59 Å². The number of hydrogen-bond donors (Lipinski definition) is 1. The summed E-state index contributed by atoms with van der Waals surface area (Å²) in [5.74, 6) is -0.940. The monoisotopic (exact) mass is 253 g/mol. The molecule has 2 fully saturated rings. The van der Waals surface area contributed by atoms with Crippen molar-refractivity contribution in [1.29, 1.82) is 0 Å². The van der Waals surface area contributed by atoms with Gasteiger partial charge in [0.25, 0.3) is 0 Å². The number of nitrogens with zero attached hydrogens (tertiary/aromatic N) is 1. The van der Waals surface area contributed by atoms with Crippen LogP contribution in [0.25, 0.3) is 0 Å². The van der Waals surface area contributed by atoms with Crippen molar-refractivity contribution in [1.82, 2.24) is 4.90 Å². The van der Waals surface area contributed by atoms with E-state index < -0.39 is 5.97 Å². The molecule has 0 radical (unpaired) electrons. The van der Waals surface area contributed by atoms with E-state index in [1.807, 2.05) is 0 Å². The minimum Gasteiger partial charge on any atom is -0.481 e. The van der Waals surface area contributed by atoms with Crippen LogP contribution in [-0.4, -0.2) is 35.0 Å². The minimum absolute atomic E-state index is 0.188. The standard InChI is InChI=1S/C14H23NO3/c1-14(7-3-2-4-8-14)13(18)15-9-5-6-11(10-15)12(16)17/h11H,2-10H2,1H3,(H,16,17)/t11-/m1/s1. The summed E-state index contributed by atoms with van der Waals surface area (Å²) >= 11 is 0. The second-order valence-electron chi connectivity index (χ2n) is 6.05. The van der Waals surface area contributed by atoms with Crippen LogP contribution in [0.3, 0.4) is 0 Å². The maximum absolute atomic E-state index is 12.6. The Morgan fingerprint density at radius 3 is 2.44 bits per heavy atom. The molecule has 0 aromatic carbocycles. The summed E-state index contributed by atoms with van der Waals surface area (Å²) in [4.78, 5) is 25.4. The van der Waals surface area contributed by atoms with Crippen molar-refractivity contribution < 1.29 is 14.7 Å². The van der Waals surface area contributed by atoms with Gasteiger partial charge < -0.3 is 10.0 Å². The van der Waals surface area contributed by atoms with Gasteiger partial charge in [-0.3, -0.25) is 9.59 Å². The van der Waals surface area contributed by atoms with Crippen LogP contribution in [0.4, 0.5) is 0 Å². The van der Waals surface area contributed by atoms with Gasteiger partial charge in [-0.1, -0.05) is 26.2 Å². The van der Waals surface area contributed by atoms with E-state index in [0.29, 0.717) is 13.0 Å². The number of piperidine rings is 1. The molecule has 1 saturated heterocycles. The van der Waals surface area contributed by atoms with Gasteiger partial charge in [0.05, 0.1) is 5.92 Å². The van der Waals surface area contributed by atoms with Gasteiger partial charge in [-0.05, 0) is 25.7 Å². The number of rotatable bonds is 2. The zero-order chi connectivity index (χ0) is 13.2. The smallest absolute Gasteiger partial charge is 0.308 e. The predicted octanol–water partition coefficient (Wildman–Crippen LogP) is 2.28. The zero-order valence-electron chi connectivity index (χ0n) is 11.2. The molecule has 0 unspecified atom stereocenters. The number of hydrogen-bond acceptors (Lipinski definition) is 2. The van der Waals surface area contributed by atoms with E-state index >= 15 is 0 Å². The summed E-state index contributed by atoms with van der Waals surface area (Å²) in [7, 11) is 0. The first kappa shape index (κ1) is 13.4. The fourth-order valence-corrected chi connectivity index (χ4v) is 3.29. The first-order valence-corrected chi connectivity index (χ1v) is 7.05. The third kappa shape index (κ3) is 2.68. The quantitative estimate of drug-likeness (QED) is 0.821. The van der Waals surface area contributed by atoms with Crippen molar-refractivity contribution in [3.63, 3.8) is 0 Å². The molecule has 4 nitrogen and oxygen atoms in total. The van der Waals surface area contributed by atoms with Gasteiger partial charge in [0.1, 0.15) is 0 Å². The molecule has 1 N–H and O–H groups in total. The number of carbonyl (C=O) groups excluding carboxylic acids is 1. The third-order valence-electron chi connectivity index (χ3n) is 4.53. The van der Waals surface area contributed by atoms with Crippen molar-refractivity contribution >= 4 is 11.9 Å². The number of aliphatic carboxylic acids is 1. The van der Waals surface area contributed by atoms with E-state index in [0.717, 1.165) is 38.6 Å². The maximum atomic E-state index is 12.6. The van der Waals surface area contributed by atoms with Crippen LogP contribution in [-0.2, 0) is 9.59 Å². The Bertz CT molecular complexity index is 334. The van der Waals surface area contributed by atoms with Crippen molar-refractivity contribution in [2.45, 2.75) is 51.9 Å². The van der Waals surface area contributed by atoms with Crippen LogP contribution in [0.15, 0.2) is 0 Å². The molecule has 18 heavy (non-hydrogen) atoms. The predicted molar refractivity (Wildman–Crippen MR) is 68.1 cm³/mol. The molecule has 1 saturated carbocycles. The lowest BCUT2D eigenvalue weighted by Crippen LogP contribution is -2.49. The summed E-state index contributed by atoms with van der Waals surface area (Å²) in [6, 6.07) is 0. The van der Waals surface area contributed by atoms with Gasteiger partial charge in [-0.15, -0.1) is 0 Å². The van der Waals surface area contributed by atoms with Gasteiger partial charge in [-0.2, -0.15) is 0 Å². The van der Waals surface area contributed by atoms with Crippen molar-refractivity contribution in [3.8, 4) is 0 Å². The largest absolute Gasteiger partial charge is 0.481 e. The molecule has 2 rings (SSSR count). The molecule has 0 aromatic heterocycles. The third-order valence-corrected chi connectivity index (χ3v) is 4.53. The zero-order valence-corrected chi connectivity index (χ0v) is 11.2.